The Hall–Kier alpha value is -1.35. The van der Waals surface area contributed by atoms with E-state index in [1.807, 2.05) is 24.3 Å². The van der Waals surface area contributed by atoms with Crippen molar-refractivity contribution in [1.29, 1.82) is 0 Å². The number of hydrogen-bond acceptors (Lipinski definition) is 3. The Morgan fingerprint density at radius 2 is 1.86 bits per heavy atom. The lowest BCUT2D eigenvalue weighted by Crippen LogP contribution is -2.13. The standard InChI is InChI=1S/C19H30O3/c1-4-5-10-17-11-6-7-12-18(17)19(20)22-15-14-21-13-8-9-16(2)3/h6-7,11-12,16H,4-5,8-10,13-15H2,1-3H3. The second-order valence-electron chi connectivity index (χ2n) is 6.05. The van der Waals surface area contributed by atoms with E-state index in [0.29, 0.717) is 24.7 Å². The van der Waals surface area contributed by atoms with Crippen molar-refractivity contribution in [2.75, 3.05) is 19.8 Å². The first-order valence-corrected chi connectivity index (χ1v) is 8.48. The van der Waals surface area contributed by atoms with Gasteiger partial charge in [0.15, 0.2) is 0 Å². The van der Waals surface area contributed by atoms with Crippen LogP contribution in [0, 0.1) is 5.92 Å². The van der Waals surface area contributed by atoms with Crippen molar-refractivity contribution in [3.8, 4) is 0 Å². The SMILES string of the molecule is CCCCc1ccccc1C(=O)OCCOCCCC(C)C. The zero-order valence-electron chi connectivity index (χ0n) is 14.3. The molecule has 0 aromatic heterocycles. The summed E-state index contributed by atoms with van der Waals surface area (Å²) in [4.78, 5) is 12.1. The van der Waals surface area contributed by atoms with Crippen LogP contribution in [0.1, 0.15) is 62.4 Å². The first-order valence-electron chi connectivity index (χ1n) is 8.48. The minimum atomic E-state index is -0.238. The largest absolute Gasteiger partial charge is 0.460 e. The molecule has 0 amide bonds. The van der Waals surface area contributed by atoms with Crippen molar-refractivity contribution in [1.82, 2.24) is 0 Å². The highest BCUT2D eigenvalue weighted by atomic mass is 16.6. The zero-order chi connectivity index (χ0) is 16.2. The molecule has 1 rings (SSSR count). The van der Waals surface area contributed by atoms with E-state index < -0.39 is 0 Å². The number of ether oxygens (including phenoxy) is 2. The first-order chi connectivity index (χ1) is 10.6. The lowest BCUT2D eigenvalue weighted by atomic mass is 10.0. The van der Waals surface area contributed by atoms with E-state index >= 15 is 0 Å². The molecule has 0 saturated carbocycles. The molecule has 0 aliphatic rings. The number of unbranched alkanes of at least 4 members (excludes halogenated alkanes) is 1. The summed E-state index contributed by atoms with van der Waals surface area (Å²) in [7, 11) is 0. The van der Waals surface area contributed by atoms with Gasteiger partial charge >= 0.3 is 5.97 Å². The fourth-order valence-electron chi connectivity index (χ4n) is 2.27. The summed E-state index contributed by atoms with van der Waals surface area (Å²) >= 11 is 0. The minimum Gasteiger partial charge on any atom is -0.460 e. The van der Waals surface area contributed by atoms with Crippen molar-refractivity contribution in [2.24, 2.45) is 5.92 Å². The van der Waals surface area contributed by atoms with Gasteiger partial charge in [0.2, 0.25) is 0 Å². The Morgan fingerprint density at radius 1 is 1.09 bits per heavy atom. The van der Waals surface area contributed by atoms with Crippen molar-refractivity contribution >= 4 is 5.97 Å². The van der Waals surface area contributed by atoms with Gasteiger partial charge in [0.25, 0.3) is 0 Å². The van der Waals surface area contributed by atoms with Gasteiger partial charge in [-0.1, -0.05) is 45.4 Å². The Labute approximate surface area is 135 Å². The van der Waals surface area contributed by atoms with Crippen LogP contribution in [0.4, 0.5) is 0 Å². The molecule has 124 valence electrons. The zero-order valence-corrected chi connectivity index (χ0v) is 14.3. The van der Waals surface area contributed by atoms with E-state index in [9.17, 15) is 4.79 Å². The van der Waals surface area contributed by atoms with Gasteiger partial charge in [-0.2, -0.15) is 0 Å². The summed E-state index contributed by atoms with van der Waals surface area (Å²) in [6.07, 6.45) is 5.36. The molecule has 0 atom stereocenters. The predicted octanol–water partition coefficient (Wildman–Crippen LogP) is 4.64. The fraction of sp³-hybridized carbons (Fsp3) is 0.632. The lowest BCUT2D eigenvalue weighted by molar-refractivity contribution is 0.0309. The maximum Gasteiger partial charge on any atom is 0.338 e. The molecule has 0 aliphatic heterocycles. The fourth-order valence-corrected chi connectivity index (χ4v) is 2.27. The molecular formula is C19H30O3. The van der Waals surface area contributed by atoms with Crippen LogP contribution in [0.3, 0.4) is 0 Å². The number of esters is 1. The van der Waals surface area contributed by atoms with Crippen LogP contribution in [0.5, 0.6) is 0 Å². The summed E-state index contributed by atoms with van der Waals surface area (Å²) in [5.74, 6) is 0.471. The second-order valence-corrected chi connectivity index (χ2v) is 6.05. The molecule has 0 spiro atoms. The molecule has 1 aromatic carbocycles. The van der Waals surface area contributed by atoms with Crippen LogP contribution in [-0.2, 0) is 15.9 Å². The molecule has 0 unspecified atom stereocenters. The van der Waals surface area contributed by atoms with E-state index in [2.05, 4.69) is 20.8 Å². The van der Waals surface area contributed by atoms with Gasteiger partial charge in [0, 0.05) is 6.61 Å². The van der Waals surface area contributed by atoms with E-state index in [4.69, 9.17) is 9.47 Å². The van der Waals surface area contributed by atoms with Crippen LogP contribution in [0.2, 0.25) is 0 Å². The van der Waals surface area contributed by atoms with Crippen LogP contribution in [-0.4, -0.2) is 25.8 Å². The summed E-state index contributed by atoms with van der Waals surface area (Å²) in [6, 6.07) is 7.71. The first kappa shape index (κ1) is 18.7. The number of benzene rings is 1. The molecular weight excluding hydrogens is 276 g/mol. The highest BCUT2D eigenvalue weighted by molar-refractivity contribution is 5.91. The average molecular weight is 306 g/mol. The smallest absolute Gasteiger partial charge is 0.338 e. The Balaban J connectivity index is 2.27. The van der Waals surface area contributed by atoms with Crippen LogP contribution < -0.4 is 0 Å². The summed E-state index contributed by atoms with van der Waals surface area (Å²) in [5.41, 5.74) is 1.77. The quantitative estimate of drug-likeness (QED) is 0.441. The van der Waals surface area contributed by atoms with Gasteiger partial charge in [0.1, 0.15) is 6.61 Å². The molecule has 0 saturated heterocycles. The molecule has 0 heterocycles. The maximum absolute atomic E-state index is 12.1. The number of aryl methyl sites for hydroxylation is 1. The molecule has 1 aromatic rings. The number of rotatable bonds is 11. The van der Waals surface area contributed by atoms with Crippen molar-refractivity contribution in [3.63, 3.8) is 0 Å². The topological polar surface area (TPSA) is 35.5 Å². The van der Waals surface area contributed by atoms with E-state index in [0.717, 1.165) is 37.9 Å². The van der Waals surface area contributed by atoms with Gasteiger partial charge < -0.3 is 9.47 Å². The van der Waals surface area contributed by atoms with Crippen molar-refractivity contribution < 1.29 is 14.3 Å². The Kier molecular flexibility index (Phi) is 9.56. The monoisotopic (exact) mass is 306 g/mol. The average Bonchev–Trinajstić information content (AvgIpc) is 2.51. The number of carbonyl (C=O) groups excluding carboxylic acids is 1. The van der Waals surface area contributed by atoms with Gasteiger partial charge in [-0.15, -0.1) is 0 Å². The van der Waals surface area contributed by atoms with Gasteiger partial charge in [-0.25, -0.2) is 4.79 Å². The normalized spacial score (nSPS) is 10.9. The van der Waals surface area contributed by atoms with Gasteiger partial charge in [-0.3, -0.25) is 0 Å². The number of hydrogen-bond donors (Lipinski definition) is 0. The second kappa shape index (κ2) is 11.2. The molecule has 0 N–H and O–H groups in total. The lowest BCUT2D eigenvalue weighted by Gasteiger charge is -2.10. The van der Waals surface area contributed by atoms with E-state index in [-0.39, 0.29) is 5.97 Å². The molecule has 0 radical (unpaired) electrons. The highest BCUT2D eigenvalue weighted by Gasteiger charge is 2.11. The van der Waals surface area contributed by atoms with Crippen LogP contribution in [0.25, 0.3) is 0 Å². The summed E-state index contributed by atoms with van der Waals surface area (Å²) in [6.45, 7) is 8.10. The summed E-state index contributed by atoms with van der Waals surface area (Å²) in [5, 5.41) is 0. The summed E-state index contributed by atoms with van der Waals surface area (Å²) < 4.78 is 10.8. The van der Waals surface area contributed by atoms with Gasteiger partial charge in [0.05, 0.1) is 12.2 Å². The molecule has 0 bridgehead atoms. The third-order valence-electron chi connectivity index (χ3n) is 3.57. The van der Waals surface area contributed by atoms with Crippen LogP contribution >= 0.6 is 0 Å². The number of carbonyl (C=O) groups is 1. The molecule has 0 fully saturated rings. The Morgan fingerprint density at radius 3 is 2.59 bits per heavy atom. The van der Waals surface area contributed by atoms with Crippen LogP contribution in [0.15, 0.2) is 24.3 Å². The molecule has 3 heteroatoms. The molecule has 0 aliphatic carbocycles. The third-order valence-corrected chi connectivity index (χ3v) is 3.57. The Bertz CT molecular complexity index is 426. The van der Waals surface area contributed by atoms with Crippen molar-refractivity contribution in [3.05, 3.63) is 35.4 Å². The minimum absolute atomic E-state index is 0.238. The maximum atomic E-state index is 12.1. The van der Waals surface area contributed by atoms with E-state index in [1.54, 1.807) is 0 Å². The van der Waals surface area contributed by atoms with Crippen molar-refractivity contribution in [2.45, 2.75) is 52.9 Å². The highest BCUT2D eigenvalue weighted by Crippen LogP contribution is 2.13. The molecule has 3 nitrogen and oxygen atoms in total. The molecule has 22 heavy (non-hydrogen) atoms. The third kappa shape index (κ3) is 7.60. The van der Waals surface area contributed by atoms with Gasteiger partial charge in [-0.05, 0) is 43.2 Å². The van der Waals surface area contributed by atoms with E-state index in [1.165, 1.54) is 6.42 Å². The predicted molar refractivity (Wildman–Crippen MR) is 90.2 cm³/mol.